The van der Waals surface area contributed by atoms with Gasteiger partial charge in [-0.2, -0.15) is 0 Å². The Hall–Kier alpha value is -2.96. The van der Waals surface area contributed by atoms with Crippen LogP contribution < -0.4 is 9.64 Å². The molecule has 7 heteroatoms. The minimum atomic E-state index is -0.0954. The molecule has 7 nitrogen and oxygen atoms in total. The van der Waals surface area contributed by atoms with Crippen LogP contribution in [0.1, 0.15) is 73.6 Å². The first kappa shape index (κ1) is 21.9. The molecule has 2 fully saturated rings. The van der Waals surface area contributed by atoms with Crippen LogP contribution in [0.5, 0.6) is 5.75 Å². The lowest BCUT2D eigenvalue weighted by molar-refractivity contribution is -0.137. The van der Waals surface area contributed by atoms with Gasteiger partial charge in [0.2, 0.25) is 11.8 Å². The summed E-state index contributed by atoms with van der Waals surface area (Å²) in [5, 5.41) is 0. The van der Waals surface area contributed by atoms with Crippen molar-refractivity contribution < 1.29 is 14.3 Å². The first-order chi connectivity index (χ1) is 16.0. The lowest BCUT2D eigenvalue weighted by Crippen LogP contribution is -2.37. The highest BCUT2D eigenvalue weighted by Crippen LogP contribution is 2.37. The summed E-state index contributed by atoms with van der Waals surface area (Å²) in [6.07, 6.45) is 7.69. The van der Waals surface area contributed by atoms with Gasteiger partial charge in [0.25, 0.3) is 0 Å². The summed E-state index contributed by atoms with van der Waals surface area (Å²) < 4.78 is 5.24. The van der Waals surface area contributed by atoms with Crippen LogP contribution in [0.15, 0.2) is 24.3 Å². The Morgan fingerprint density at radius 3 is 2.55 bits per heavy atom. The zero-order valence-electron chi connectivity index (χ0n) is 19.5. The zero-order valence-corrected chi connectivity index (χ0v) is 19.5. The van der Waals surface area contributed by atoms with Gasteiger partial charge in [-0.05, 0) is 50.3 Å². The summed E-state index contributed by atoms with van der Waals surface area (Å²) in [7, 11) is 1.64. The third kappa shape index (κ3) is 4.21. The Kier molecular flexibility index (Phi) is 6.04. The van der Waals surface area contributed by atoms with Gasteiger partial charge < -0.3 is 9.64 Å². The Balaban J connectivity index is 1.41. The average molecular weight is 449 g/mol. The van der Waals surface area contributed by atoms with Gasteiger partial charge in [0.15, 0.2) is 5.82 Å². The van der Waals surface area contributed by atoms with Gasteiger partial charge >= 0.3 is 0 Å². The molecule has 1 aromatic carbocycles. The Bertz CT molecular complexity index is 1050. The van der Waals surface area contributed by atoms with Gasteiger partial charge in [-0.15, -0.1) is 0 Å². The number of hydrogen-bond acceptors (Lipinski definition) is 5. The van der Waals surface area contributed by atoms with Crippen molar-refractivity contribution in [1.29, 1.82) is 0 Å². The van der Waals surface area contributed by atoms with E-state index in [0.717, 1.165) is 67.6 Å². The fraction of sp³-hybridized carbons (Fsp3) is 0.538. The third-order valence-corrected chi connectivity index (χ3v) is 7.38. The number of aromatic nitrogens is 2. The van der Waals surface area contributed by atoms with E-state index in [9.17, 15) is 9.59 Å². The van der Waals surface area contributed by atoms with E-state index >= 15 is 0 Å². The molecule has 174 valence electrons. The molecular formula is C26H32N4O3. The molecule has 0 radical (unpaired) electrons. The molecule has 1 aliphatic carbocycles. The maximum Gasteiger partial charge on any atom is 0.233 e. The number of carbonyl (C=O) groups is 2. The molecule has 1 aromatic heterocycles. The number of ether oxygens (including phenoxy) is 1. The Morgan fingerprint density at radius 1 is 1.06 bits per heavy atom. The number of fused-ring (bicyclic) bond motifs is 1. The van der Waals surface area contributed by atoms with Gasteiger partial charge in [-0.25, -0.2) is 9.97 Å². The highest BCUT2D eigenvalue weighted by molar-refractivity contribution is 6.00. The van der Waals surface area contributed by atoms with E-state index in [2.05, 4.69) is 0 Å². The molecule has 5 rings (SSSR count). The first-order valence-corrected chi connectivity index (χ1v) is 12.2. The fourth-order valence-electron chi connectivity index (χ4n) is 5.51. The van der Waals surface area contributed by atoms with E-state index < -0.39 is 0 Å². The third-order valence-electron chi connectivity index (χ3n) is 7.38. The molecule has 0 spiro atoms. The SMILES string of the molecule is COc1ccc(CN2C(=O)Cc3c(C)nc([C@H]4CCCN4C(=O)C4CCCCC4)nc32)cc1. The van der Waals surface area contributed by atoms with E-state index in [-0.39, 0.29) is 23.8 Å². The molecule has 0 unspecified atom stereocenters. The number of benzene rings is 1. The maximum atomic E-state index is 13.3. The van der Waals surface area contributed by atoms with Crippen LogP contribution >= 0.6 is 0 Å². The lowest BCUT2D eigenvalue weighted by Gasteiger charge is -2.30. The van der Waals surface area contributed by atoms with Gasteiger partial charge in [0.05, 0.1) is 26.1 Å². The van der Waals surface area contributed by atoms with Crippen LogP contribution in [0, 0.1) is 12.8 Å². The second kappa shape index (κ2) is 9.12. The highest BCUT2D eigenvalue weighted by Gasteiger charge is 2.38. The van der Waals surface area contributed by atoms with Gasteiger partial charge in [-0.3, -0.25) is 14.5 Å². The van der Waals surface area contributed by atoms with Crippen molar-refractivity contribution in [3.63, 3.8) is 0 Å². The molecule has 33 heavy (non-hydrogen) atoms. The molecule has 0 N–H and O–H groups in total. The van der Waals surface area contributed by atoms with Crippen molar-refractivity contribution in [2.75, 3.05) is 18.6 Å². The fourth-order valence-corrected chi connectivity index (χ4v) is 5.51. The van der Waals surface area contributed by atoms with Crippen LogP contribution in [0.2, 0.25) is 0 Å². The van der Waals surface area contributed by atoms with Gasteiger partial charge in [-0.1, -0.05) is 31.4 Å². The number of methoxy groups -OCH3 is 1. The van der Waals surface area contributed by atoms with Crippen molar-refractivity contribution in [3.8, 4) is 5.75 Å². The van der Waals surface area contributed by atoms with E-state index in [1.807, 2.05) is 36.1 Å². The number of carbonyl (C=O) groups excluding carboxylic acids is 2. The second-order valence-electron chi connectivity index (χ2n) is 9.50. The number of anilines is 1. The van der Waals surface area contributed by atoms with Crippen molar-refractivity contribution >= 4 is 17.6 Å². The van der Waals surface area contributed by atoms with E-state index in [1.54, 1.807) is 12.0 Å². The van der Waals surface area contributed by atoms with E-state index in [4.69, 9.17) is 14.7 Å². The summed E-state index contributed by atoms with van der Waals surface area (Å²) in [4.78, 5) is 39.7. The van der Waals surface area contributed by atoms with Crippen LogP contribution in [-0.2, 0) is 22.6 Å². The molecule has 3 aliphatic rings. The summed E-state index contributed by atoms with van der Waals surface area (Å²) in [6, 6.07) is 7.66. The van der Waals surface area contributed by atoms with E-state index in [1.165, 1.54) is 6.42 Å². The average Bonchev–Trinajstić information content (AvgIpc) is 3.45. The zero-order chi connectivity index (χ0) is 22.9. The summed E-state index contributed by atoms with van der Waals surface area (Å²) >= 11 is 0. The quantitative estimate of drug-likeness (QED) is 0.688. The van der Waals surface area contributed by atoms with E-state index in [0.29, 0.717) is 24.6 Å². The molecule has 1 saturated heterocycles. The maximum absolute atomic E-state index is 13.3. The largest absolute Gasteiger partial charge is 0.497 e. The normalized spacial score (nSPS) is 20.9. The monoisotopic (exact) mass is 448 g/mol. The molecule has 1 atom stereocenters. The van der Waals surface area contributed by atoms with Crippen molar-refractivity contribution in [1.82, 2.24) is 14.9 Å². The minimum absolute atomic E-state index is 0.0388. The number of amides is 2. The molecule has 2 aromatic rings. The summed E-state index contributed by atoms with van der Waals surface area (Å²) in [5.41, 5.74) is 2.77. The Morgan fingerprint density at radius 2 is 1.82 bits per heavy atom. The molecule has 0 bridgehead atoms. The number of likely N-dealkylation sites (tertiary alicyclic amines) is 1. The standard InChI is InChI=1S/C26H32N4O3/c1-17-21-15-23(31)30(16-18-10-12-20(33-2)13-11-18)25(21)28-24(27-17)22-9-6-14-29(22)26(32)19-7-4-3-5-8-19/h10-13,19,22H,3-9,14-16H2,1-2H3/t22-/m1/s1. The molecule has 1 saturated carbocycles. The van der Waals surface area contributed by atoms with Gasteiger partial charge in [0, 0.05) is 23.7 Å². The van der Waals surface area contributed by atoms with Crippen LogP contribution in [0.3, 0.4) is 0 Å². The number of hydrogen-bond donors (Lipinski definition) is 0. The molecule has 2 aliphatic heterocycles. The second-order valence-corrected chi connectivity index (χ2v) is 9.50. The van der Waals surface area contributed by atoms with Crippen LogP contribution in [-0.4, -0.2) is 40.3 Å². The number of aryl methyl sites for hydroxylation is 1. The molecule has 3 heterocycles. The minimum Gasteiger partial charge on any atom is -0.497 e. The Labute approximate surface area is 195 Å². The predicted octanol–water partition coefficient (Wildman–Crippen LogP) is 4.13. The summed E-state index contributed by atoms with van der Waals surface area (Å²) in [6.45, 7) is 3.19. The van der Waals surface area contributed by atoms with Crippen molar-refractivity contribution in [2.24, 2.45) is 5.92 Å². The number of nitrogens with zero attached hydrogens (tertiary/aromatic N) is 4. The van der Waals surface area contributed by atoms with Crippen molar-refractivity contribution in [2.45, 2.75) is 70.9 Å². The molecule has 2 amide bonds. The van der Waals surface area contributed by atoms with Crippen LogP contribution in [0.25, 0.3) is 0 Å². The lowest BCUT2D eigenvalue weighted by atomic mass is 9.88. The van der Waals surface area contributed by atoms with Crippen molar-refractivity contribution in [3.05, 3.63) is 46.9 Å². The van der Waals surface area contributed by atoms with Crippen LogP contribution in [0.4, 0.5) is 5.82 Å². The number of rotatable bonds is 5. The molecular weight excluding hydrogens is 416 g/mol. The highest BCUT2D eigenvalue weighted by atomic mass is 16.5. The predicted molar refractivity (Wildman–Crippen MR) is 125 cm³/mol. The topological polar surface area (TPSA) is 75.6 Å². The van der Waals surface area contributed by atoms with Gasteiger partial charge in [0.1, 0.15) is 11.6 Å². The summed E-state index contributed by atoms with van der Waals surface area (Å²) in [5.74, 6) is 2.62. The smallest absolute Gasteiger partial charge is 0.233 e. The first-order valence-electron chi connectivity index (χ1n) is 12.2.